The highest BCUT2D eigenvalue weighted by molar-refractivity contribution is 6.31. The first-order chi connectivity index (χ1) is 14.5. The van der Waals surface area contributed by atoms with Gasteiger partial charge in [-0.1, -0.05) is 54.1 Å². The van der Waals surface area contributed by atoms with E-state index in [0.29, 0.717) is 21.8 Å². The van der Waals surface area contributed by atoms with Gasteiger partial charge in [-0.2, -0.15) is 0 Å². The van der Waals surface area contributed by atoms with Crippen LogP contribution in [0.3, 0.4) is 0 Å². The number of hydrogen-bond donors (Lipinski definition) is 2. The Hall–Kier alpha value is -3.70. The van der Waals surface area contributed by atoms with E-state index in [4.69, 9.17) is 11.6 Å². The van der Waals surface area contributed by atoms with E-state index in [1.54, 1.807) is 54.6 Å². The number of carbonyl (C=O) groups is 3. The fraction of sp³-hybridized carbons (Fsp3) is 0.0417. The van der Waals surface area contributed by atoms with E-state index in [1.165, 1.54) is 0 Å². The topological polar surface area (TPSA) is 75.3 Å². The number of rotatable bonds is 4. The minimum Gasteiger partial charge on any atom is -0.350 e. The molecule has 1 aliphatic rings. The van der Waals surface area contributed by atoms with Gasteiger partial charge in [0.05, 0.1) is 0 Å². The summed E-state index contributed by atoms with van der Waals surface area (Å²) in [6.45, 7) is 1.89. The van der Waals surface area contributed by atoms with Crippen LogP contribution in [0.5, 0.6) is 0 Å². The van der Waals surface area contributed by atoms with Crippen LogP contribution in [0.4, 0.5) is 5.69 Å². The largest absolute Gasteiger partial charge is 0.350 e. The number of carbonyl (C=O) groups excluding carboxylic acids is 3. The third-order valence-corrected chi connectivity index (χ3v) is 5.12. The van der Waals surface area contributed by atoms with Gasteiger partial charge in [0, 0.05) is 27.4 Å². The lowest BCUT2D eigenvalue weighted by atomic mass is 9.90. The Morgan fingerprint density at radius 1 is 0.767 bits per heavy atom. The summed E-state index contributed by atoms with van der Waals surface area (Å²) in [5.41, 5.74) is 2.39. The van der Waals surface area contributed by atoms with Crippen molar-refractivity contribution in [2.24, 2.45) is 0 Å². The zero-order valence-electron chi connectivity index (χ0n) is 16.0. The van der Waals surface area contributed by atoms with E-state index in [2.05, 4.69) is 10.6 Å². The molecule has 0 bridgehead atoms. The van der Waals surface area contributed by atoms with Crippen molar-refractivity contribution >= 4 is 34.8 Å². The lowest BCUT2D eigenvalue weighted by Crippen LogP contribution is -2.36. The third kappa shape index (κ3) is 3.63. The first-order valence-electron chi connectivity index (χ1n) is 9.28. The highest BCUT2D eigenvalue weighted by Gasteiger charge is 2.33. The van der Waals surface area contributed by atoms with Gasteiger partial charge in [0.15, 0.2) is 0 Å². The molecular weight excluding hydrogens is 400 g/mol. The number of nitrogens with one attached hydrogen (secondary N) is 2. The summed E-state index contributed by atoms with van der Waals surface area (Å²) in [5.74, 6) is -1.30. The van der Waals surface area contributed by atoms with Gasteiger partial charge in [0.1, 0.15) is 11.4 Å². The summed E-state index contributed by atoms with van der Waals surface area (Å²) in [6.07, 6.45) is 0. The number of hydrogen-bond acceptors (Lipinski definition) is 4. The molecule has 0 atom stereocenters. The molecule has 0 aliphatic heterocycles. The molecule has 6 heteroatoms. The highest BCUT2D eigenvalue weighted by Crippen LogP contribution is 2.27. The fourth-order valence-electron chi connectivity index (χ4n) is 3.25. The number of Topliss-reactive ketones (excluding diaryl/α,β-unsaturated/α-hetero) is 2. The number of fused-ring (bicyclic) bond motifs is 1. The molecule has 2 N–H and O–H groups in total. The van der Waals surface area contributed by atoms with E-state index >= 15 is 0 Å². The molecule has 3 aromatic carbocycles. The van der Waals surface area contributed by atoms with Crippen LogP contribution in [0.1, 0.15) is 36.6 Å². The van der Waals surface area contributed by atoms with Crippen LogP contribution in [0.2, 0.25) is 5.02 Å². The molecule has 5 nitrogen and oxygen atoms in total. The summed E-state index contributed by atoms with van der Waals surface area (Å²) >= 11 is 5.89. The maximum atomic E-state index is 13.2. The van der Waals surface area contributed by atoms with Crippen molar-refractivity contribution in [2.75, 3.05) is 5.32 Å². The molecule has 1 aliphatic carbocycles. The third-order valence-electron chi connectivity index (χ3n) is 4.87. The van der Waals surface area contributed by atoms with E-state index in [-0.39, 0.29) is 22.7 Å². The second-order valence-electron chi connectivity index (χ2n) is 6.85. The monoisotopic (exact) mass is 416 g/mol. The number of aryl methyl sites for hydroxylation is 1. The maximum Gasteiger partial charge on any atom is 0.255 e. The van der Waals surface area contributed by atoms with E-state index in [9.17, 15) is 14.4 Å². The molecule has 3 aromatic rings. The molecule has 0 unspecified atom stereocenters. The van der Waals surface area contributed by atoms with Crippen molar-refractivity contribution in [1.29, 1.82) is 0 Å². The summed E-state index contributed by atoms with van der Waals surface area (Å²) < 4.78 is 0. The number of ketones is 2. The predicted octanol–water partition coefficient (Wildman–Crippen LogP) is 4.78. The van der Waals surface area contributed by atoms with Gasteiger partial charge in [-0.25, -0.2) is 0 Å². The molecule has 0 fully saturated rings. The Labute approximate surface area is 178 Å². The molecule has 0 saturated carbocycles. The van der Waals surface area contributed by atoms with Crippen LogP contribution in [0.15, 0.2) is 84.2 Å². The number of halogens is 1. The minimum absolute atomic E-state index is 0.0373. The molecule has 1 amide bonds. The second-order valence-corrected chi connectivity index (χ2v) is 7.29. The zero-order chi connectivity index (χ0) is 21.3. The van der Waals surface area contributed by atoms with Crippen molar-refractivity contribution in [1.82, 2.24) is 5.32 Å². The Bertz CT molecular complexity index is 1210. The summed E-state index contributed by atoms with van der Waals surface area (Å²) in [6, 6.07) is 20.2. The smallest absolute Gasteiger partial charge is 0.255 e. The summed E-state index contributed by atoms with van der Waals surface area (Å²) in [7, 11) is 0. The van der Waals surface area contributed by atoms with Gasteiger partial charge in [0.2, 0.25) is 11.6 Å². The van der Waals surface area contributed by atoms with Crippen LogP contribution >= 0.6 is 11.6 Å². The van der Waals surface area contributed by atoms with Crippen molar-refractivity contribution < 1.29 is 14.4 Å². The Morgan fingerprint density at radius 2 is 1.33 bits per heavy atom. The Balaban J connectivity index is 1.79. The summed E-state index contributed by atoms with van der Waals surface area (Å²) in [4.78, 5) is 39.2. The molecule has 4 rings (SSSR count). The van der Waals surface area contributed by atoms with Crippen LogP contribution < -0.4 is 10.6 Å². The molecule has 0 saturated heterocycles. The number of allylic oxidation sites excluding steroid dienone is 2. The first kappa shape index (κ1) is 19.6. The van der Waals surface area contributed by atoms with E-state index in [0.717, 1.165) is 5.56 Å². The number of anilines is 1. The fourth-order valence-corrected chi connectivity index (χ4v) is 3.37. The van der Waals surface area contributed by atoms with E-state index < -0.39 is 11.7 Å². The molecule has 0 heterocycles. The average molecular weight is 417 g/mol. The van der Waals surface area contributed by atoms with E-state index in [1.807, 2.05) is 25.1 Å². The van der Waals surface area contributed by atoms with Crippen molar-refractivity contribution in [3.63, 3.8) is 0 Å². The number of benzene rings is 3. The van der Waals surface area contributed by atoms with Gasteiger partial charge in [-0.15, -0.1) is 0 Å². The lowest BCUT2D eigenvalue weighted by molar-refractivity contribution is 0.0920. The van der Waals surface area contributed by atoms with Crippen molar-refractivity contribution in [3.8, 4) is 0 Å². The zero-order valence-corrected chi connectivity index (χ0v) is 16.8. The molecule has 0 radical (unpaired) electrons. The van der Waals surface area contributed by atoms with Crippen LogP contribution in [0, 0.1) is 6.92 Å². The SMILES string of the molecule is Cc1ccccc1NC1=C(NC(=O)c2ccc(Cl)cc2)C(=O)c2ccccc2C1=O. The van der Waals surface area contributed by atoms with Crippen LogP contribution in [-0.2, 0) is 0 Å². The van der Waals surface area contributed by atoms with Crippen LogP contribution in [0.25, 0.3) is 0 Å². The molecule has 148 valence electrons. The van der Waals surface area contributed by atoms with Gasteiger partial charge in [-0.05, 0) is 42.8 Å². The van der Waals surface area contributed by atoms with Gasteiger partial charge >= 0.3 is 0 Å². The molecule has 30 heavy (non-hydrogen) atoms. The lowest BCUT2D eigenvalue weighted by Gasteiger charge is -2.23. The quantitative estimate of drug-likeness (QED) is 0.641. The summed E-state index contributed by atoms with van der Waals surface area (Å²) in [5, 5.41) is 6.18. The average Bonchev–Trinajstić information content (AvgIpc) is 2.76. The Morgan fingerprint density at radius 3 is 1.97 bits per heavy atom. The maximum absolute atomic E-state index is 13.2. The van der Waals surface area contributed by atoms with Crippen molar-refractivity contribution in [2.45, 2.75) is 6.92 Å². The first-order valence-corrected chi connectivity index (χ1v) is 9.66. The Kier molecular flexibility index (Phi) is 5.21. The van der Waals surface area contributed by atoms with Crippen molar-refractivity contribution in [3.05, 3.63) is 111 Å². The number of para-hydroxylation sites is 1. The molecule has 0 aromatic heterocycles. The van der Waals surface area contributed by atoms with Gasteiger partial charge < -0.3 is 10.6 Å². The normalized spacial score (nSPS) is 13.1. The highest BCUT2D eigenvalue weighted by atomic mass is 35.5. The van der Waals surface area contributed by atoms with Crippen LogP contribution in [-0.4, -0.2) is 17.5 Å². The molecular formula is C24H17ClN2O3. The number of amides is 1. The standard InChI is InChI=1S/C24H17ClN2O3/c1-14-6-2-5-9-19(14)26-20-21(27-24(30)15-10-12-16(25)13-11-15)23(29)18-8-4-3-7-17(18)22(20)28/h2-13,26H,1H3,(H,27,30). The second kappa shape index (κ2) is 7.97. The minimum atomic E-state index is -0.508. The van der Waals surface area contributed by atoms with Gasteiger partial charge in [-0.3, -0.25) is 14.4 Å². The predicted molar refractivity (Wildman–Crippen MR) is 116 cm³/mol. The molecule has 0 spiro atoms. The van der Waals surface area contributed by atoms with Gasteiger partial charge in [0.25, 0.3) is 5.91 Å².